The van der Waals surface area contributed by atoms with Gasteiger partial charge in [-0.2, -0.15) is 0 Å². The van der Waals surface area contributed by atoms with E-state index in [9.17, 15) is 14.7 Å². The van der Waals surface area contributed by atoms with Crippen LogP contribution in [0.4, 0.5) is 0 Å². The fourth-order valence-corrected chi connectivity index (χ4v) is 2.23. The molecule has 0 aliphatic carbocycles. The summed E-state index contributed by atoms with van der Waals surface area (Å²) in [5, 5.41) is 13.2. The summed E-state index contributed by atoms with van der Waals surface area (Å²) in [4.78, 5) is 24.3. The van der Waals surface area contributed by atoms with Crippen molar-refractivity contribution in [2.75, 3.05) is 7.05 Å². The van der Waals surface area contributed by atoms with E-state index in [0.717, 1.165) is 4.90 Å². The molecule has 6 heteroatoms. The first-order valence-electron chi connectivity index (χ1n) is 6.00. The average molecular weight is 283 g/mol. The van der Waals surface area contributed by atoms with Gasteiger partial charge < -0.3 is 10.4 Å². The molecule has 0 aromatic heterocycles. The Morgan fingerprint density at radius 3 is 2.95 bits per heavy atom. The van der Waals surface area contributed by atoms with Crippen LogP contribution in [0.3, 0.4) is 0 Å². The molecule has 1 heterocycles. The first kappa shape index (κ1) is 13.8. The van der Waals surface area contributed by atoms with Gasteiger partial charge in [0, 0.05) is 30.6 Å². The number of nitrogens with one attached hydrogen (secondary N) is 1. The average Bonchev–Trinajstić information content (AvgIpc) is 2.39. The minimum Gasteiger partial charge on any atom is -0.508 e. The van der Waals surface area contributed by atoms with Crippen molar-refractivity contribution in [3.63, 3.8) is 0 Å². The van der Waals surface area contributed by atoms with Gasteiger partial charge in [0.1, 0.15) is 5.75 Å². The summed E-state index contributed by atoms with van der Waals surface area (Å²) in [6, 6.07) is 4.35. The maximum absolute atomic E-state index is 11.9. The molecule has 1 fully saturated rings. The van der Waals surface area contributed by atoms with Crippen LogP contribution in [0.1, 0.15) is 18.4 Å². The number of rotatable bonds is 3. The molecule has 1 saturated heterocycles. The summed E-state index contributed by atoms with van der Waals surface area (Å²) in [6.45, 7) is 0.324. The highest BCUT2D eigenvalue weighted by Crippen LogP contribution is 2.22. The number of hydrogen-bond donors (Lipinski definition) is 2. The number of imide groups is 1. The minimum absolute atomic E-state index is 0.129. The summed E-state index contributed by atoms with van der Waals surface area (Å²) in [6.07, 6.45) is 0.824. The fourth-order valence-electron chi connectivity index (χ4n) is 2.03. The molecule has 1 unspecified atom stereocenters. The lowest BCUT2D eigenvalue weighted by atomic mass is 10.0. The van der Waals surface area contributed by atoms with Crippen molar-refractivity contribution in [2.24, 2.45) is 0 Å². The molecule has 0 radical (unpaired) electrons. The lowest BCUT2D eigenvalue weighted by molar-refractivity contribution is -0.148. The molecule has 0 bridgehead atoms. The van der Waals surface area contributed by atoms with Crippen molar-refractivity contribution < 1.29 is 14.7 Å². The van der Waals surface area contributed by atoms with Crippen LogP contribution in [0.25, 0.3) is 0 Å². The van der Waals surface area contributed by atoms with Gasteiger partial charge in [-0.05, 0) is 24.6 Å². The number of carbonyl (C=O) groups is 2. The summed E-state index contributed by atoms with van der Waals surface area (Å²) in [5.41, 5.74) is 0.625. The smallest absolute Gasteiger partial charge is 0.246 e. The van der Waals surface area contributed by atoms with Crippen LogP contribution in [0, 0.1) is 0 Å². The Bertz CT molecular complexity index is 519. The first-order valence-corrected chi connectivity index (χ1v) is 6.38. The normalized spacial score (nSPS) is 19.9. The number of aromatic hydroxyl groups is 1. The van der Waals surface area contributed by atoms with E-state index in [1.165, 1.54) is 13.1 Å². The van der Waals surface area contributed by atoms with E-state index in [2.05, 4.69) is 5.32 Å². The standard InChI is InChI=1S/C13H15ClN2O3/c1-16-12(18)5-3-10(13(16)19)15-7-8-6-9(14)2-4-11(8)17/h2,4,6,10,15,17H,3,5,7H2,1H3. The predicted octanol–water partition coefficient (Wildman–Crippen LogP) is 1.28. The molecule has 19 heavy (non-hydrogen) atoms. The Morgan fingerprint density at radius 1 is 1.47 bits per heavy atom. The van der Waals surface area contributed by atoms with Gasteiger partial charge in [0.2, 0.25) is 11.8 Å². The second-order valence-corrected chi connectivity index (χ2v) is 4.97. The van der Waals surface area contributed by atoms with E-state index in [0.29, 0.717) is 30.0 Å². The number of hydrogen-bond acceptors (Lipinski definition) is 4. The lowest BCUT2D eigenvalue weighted by Crippen LogP contribution is -2.51. The lowest BCUT2D eigenvalue weighted by Gasteiger charge is -2.28. The largest absolute Gasteiger partial charge is 0.508 e. The SMILES string of the molecule is CN1C(=O)CCC(NCc2cc(Cl)ccc2O)C1=O. The third-order valence-electron chi connectivity index (χ3n) is 3.23. The van der Waals surface area contributed by atoms with Gasteiger partial charge >= 0.3 is 0 Å². The van der Waals surface area contributed by atoms with Gasteiger partial charge in [-0.3, -0.25) is 14.5 Å². The van der Waals surface area contributed by atoms with Crippen LogP contribution >= 0.6 is 11.6 Å². The molecule has 1 aliphatic heterocycles. The molecule has 102 valence electrons. The molecule has 2 amide bonds. The van der Waals surface area contributed by atoms with E-state index in [1.807, 2.05) is 0 Å². The molecular formula is C13H15ClN2O3. The van der Waals surface area contributed by atoms with Crippen LogP contribution in [0.15, 0.2) is 18.2 Å². The molecule has 1 aliphatic rings. The molecule has 2 N–H and O–H groups in total. The van der Waals surface area contributed by atoms with E-state index in [4.69, 9.17) is 11.6 Å². The van der Waals surface area contributed by atoms with Crippen molar-refractivity contribution in [3.8, 4) is 5.75 Å². The highest BCUT2D eigenvalue weighted by atomic mass is 35.5. The fraction of sp³-hybridized carbons (Fsp3) is 0.385. The number of phenols is 1. The second kappa shape index (κ2) is 5.59. The van der Waals surface area contributed by atoms with Crippen LogP contribution in [-0.2, 0) is 16.1 Å². The predicted molar refractivity (Wildman–Crippen MR) is 70.8 cm³/mol. The maximum atomic E-state index is 11.9. The van der Waals surface area contributed by atoms with Crippen molar-refractivity contribution in [3.05, 3.63) is 28.8 Å². The summed E-state index contributed by atoms with van der Waals surface area (Å²) < 4.78 is 0. The number of benzene rings is 1. The van der Waals surface area contributed by atoms with Crippen LogP contribution in [0.2, 0.25) is 5.02 Å². The van der Waals surface area contributed by atoms with Crippen molar-refractivity contribution >= 4 is 23.4 Å². The summed E-state index contributed by atoms with van der Waals surface area (Å²) in [7, 11) is 1.48. The van der Waals surface area contributed by atoms with E-state index >= 15 is 0 Å². The quantitative estimate of drug-likeness (QED) is 0.820. The van der Waals surface area contributed by atoms with Gasteiger partial charge in [-0.1, -0.05) is 11.6 Å². The molecular weight excluding hydrogens is 268 g/mol. The Balaban J connectivity index is 2.01. The number of phenolic OH excluding ortho intramolecular Hbond substituents is 1. The molecule has 5 nitrogen and oxygen atoms in total. The zero-order chi connectivity index (χ0) is 14.0. The van der Waals surface area contributed by atoms with Crippen LogP contribution < -0.4 is 5.32 Å². The zero-order valence-electron chi connectivity index (χ0n) is 10.5. The molecule has 1 aromatic rings. The summed E-state index contributed by atoms with van der Waals surface area (Å²) in [5.74, 6) is -0.268. The first-order chi connectivity index (χ1) is 8.99. The molecule has 1 aromatic carbocycles. The minimum atomic E-state index is -0.402. The van der Waals surface area contributed by atoms with Gasteiger partial charge in [0.05, 0.1) is 6.04 Å². The molecule has 0 saturated carbocycles. The number of likely N-dealkylation sites (N-methyl/N-ethyl adjacent to an activating group) is 1. The second-order valence-electron chi connectivity index (χ2n) is 4.54. The number of nitrogens with zero attached hydrogens (tertiary/aromatic N) is 1. The monoisotopic (exact) mass is 282 g/mol. The topological polar surface area (TPSA) is 69.6 Å². The highest BCUT2D eigenvalue weighted by Gasteiger charge is 2.31. The third-order valence-corrected chi connectivity index (χ3v) is 3.47. The number of carbonyl (C=O) groups excluding carboxylic acids is 2. The number of likely N-dealkylation sites (tertiary alicyclic amines) is 1. The third kappa shape index (κ3) is 3.05. The molecule has 1 atom stereocenters. The Kier molecular flexibility index (Phi) is 4.07. The van der Waals surface area contributed by atoms with Gasteiger partial charge in [0.15, 0.2) is 0 Å². The molecule has 0 spiro atoms. The zero-order valence-corrected chi connectivity index (χ0v) is 11.3. The van der Waals surface area contributed by atoms with E-state index < -0.39 is 6.04 Å². The maximum Gasteiger partial charge on any atom is 0.246 e. The highest BCUT2D eigenvalue weighted by molar-refractivity contribution is 6.30. The van der Waals surface area contributed by atoms with Gasteiger partial charge in [0.25, 0.3) is 0 Å². The van der Waals surface area contributed by atoms with Crippen molar-refractivity contribution in [1.29, 1.82) is 0 Å². The summed E-state index contributed by atoms with van der Waals surface area (Å²) >= 11 is 5.85. The Morgan fingerprint density at radius 2 is 2.21 bits per heavy atom. The van der Waals surface area contributed by atoms with Crippen molar-refractivity contribution in [1.82, 2.24) is 10.2 Å². The van der Waals surface area contributed by atoms with Gasteiger partial charge in [-0.15, -0.1) is 0 Å². The van der Waals surface area contributed by atoms with Crippen LogP contribution in [-0.4, -0.2) is 34.9 Å². The number of amides is 2. The number of piperidine rings is 1. The Hall–Kier alpha value is -1.59. The number of halogens is 1. The molecule has 2 rings (SSSR count). The van der Waals surface area contributed by atoms with Crippen molar-refractivity contribution in [2.45, 2.75) is 25.4 Å². The Labute approximate surface area is 116 Å². The van der Waals surface area contributed by atoms with E-state index in [-0.39, 0.29) is 17.6 Å². The van der Waals surface area contributed by atoms with E-state index in [1.54, 1.807) is 12.1 Å². The van der Waals surface area contributed by atoms with Gasteiger partial charge in [-0.25, -0.2) is 0 Å². The van der Waals surface area contributed by atoms with Crippen LogP contribution in [0.5, 0.6) is 5.75 Å².